The zero-order chi connectivity index (χ0) is 11.5. The fourth-order valence-corrected chi connectivity index (χ4v) is 2.31. The Bertz CT molecular complexity index is 527. The highest BCUT2D eigenvalue weighted by molar-refractivity contribution is 9.10. The predicted octanol–water partition coefficient (Wildman–Crippen LogP) is 3.66. The largest absolute Gasteiger partial charge is 0.465 e. The van der Waals surface area contributed by atoms with Gasteiger partial charge in [0, 0.05) is 15.4 Å². The van der Waals surface area contributed by atoms with Crippen LogP contribution >= 0.6 is 27.3 Å². The summed E-state index contributed by atoms with van der Waals surface area (Å²) in [6, 6.07) is 7.68. The Morgan fingerprint density at radius 2 is 2.31 bits per heavy atom. The van der Waals surface area contributed by atoms with Crippen LogP contribution in [-0.4, -0.2) is 16.2 Å². The Morgan fingerprint density at radius 1 is 1.50 bits per heavy atom. The van der Waals surface area contributed by atoms with E-state index < -0.39 is 6.09 Å². The molecule has 82 valence electrons. The number of amides is 1. The molecule has 2 aromatic rings. The molecule has 0 aliphatic heterocycles. The second-order valence-corrected chi connectivity index (χ2v) is 4.75. The summed E-state index contributed by atoms with van der Waals surface area (Å²) in [5.74, 6) is 0. The van der Waals surface area contributed by atoms with Crippen LogP contribution in [-0.2, 0) is 0 Å². The van der Waals surface area contributed by atoms with Crippen LogP contribution < -0.4 is 5.32 Å². The van der Waals surface area contributed by atoms with Gasteiger partial charge < -0.3 is 5.11 Å². The molecule has 1 amide bonds. The molecular weight excluding hydrogens is 292 g/mol. The first-order chi connectivity index (χ1) is 7.65. The van der Waals surface area contributed by atoms with Crippen LogP contribution in [0.1, 0.15) is 0 Å². The summed E-state index contributed by atoms with van der Waals surface area (Å²) < 4.78 is 0.964. The number of anilines is 1. The number of nitrogens with one attached hydrogen (secondary N) is 1. The lowest BCUT2D eigenvalue weighted by Crippen LogP contribution is -2.06. The Kier molecular flexibility index (Phi) is 3.21. The molecule has 0 saturated heterocycles. The molecule has 0 unspecified atom stereocenters. The van der Waals surface area contributed by atoms with Crippen molar-refractivity contribution in [2.45, 2.75) is 0 Å². The van der Waals surface area contributed by atoms with Crippen LogP contribution in [0.4, 0.5) is 9.93 Å². The molecule has 0 aliphatic carbocycles. The predicted molar refractivity (Wildman–Crippen MR) is 66.9 cm³/mol. The van der Waals surface area contributed by atoms with Gasteiger partial charge in [0.15, 0.2) is 5.13 Å². The molecule has 0 saturated carbocycles. The van der Waals surface area contributed by atoms with E-state index in [1.807, 2.05) is 29.6 Å². The first-order valence-electron chi connectivity index (χ1n) is 4.36. The molecular formula is C10H7BrN2O2S. The van der Waals surface area contributed by atoms with E-state index in [9.17, 15) is 4.79 Å². The second-order valence-electron chi connectivity index (χ2n) is 2.98. The molecule has 0 radical (unpaired) electrons. The number of benzene rings is 1. The van der Waals surface area contributed by atoms with E-state index in [-0.39, 0.29) is 0 Å². The summed E-state index contributed by atoms with van der Waals surface area (Å²) in [4.78, 5) is 14.6. The zero-order valence-electron chi connectivity index (χ0n) is 7.98. The monoisotopic (exact) mass is 298 g/mol. The van der Waals surface area contributed by atoms with Gasteiger partial charge in [0.2, 0.25) is 0 Å². The van der Waals surface area contributed by atoms with Gasteiger partial charge in [-0.05, 0) is 12.1 Å². The zero-order valence-corrected chi connectivity index (χ0v) is 10.4. The SMILES string of the molecule is O=C(O)Nc1nc(-c2cccc(Br)c2)cs1. The first-order valence-corrected chi connectivity index (χ1v) is 6.04. The highest BCUT2D eigenvalue weighted by Gasteiger charge is 2.06. The second kappa shape index (κ2) is 4.63. The Balaban J connectivity index is 2.28. The molecule has 16 heavy (non-hydrogen) atoms. The van der Waals surface area contributed by atoms with Gasteiger partial charge in [-0.2, -0.15) is 0 Å². The van der Waals surface area contributed by atoms with Gasteiger partial charge in [-0.1, -0.05) is 28.1 Å². The van der Waals surface area contributed by atoms with E-state index in [1.165, 1.54) is 11.3 Å². The van der Waals surface area contributed by atoms with E-state index in [4.69, 9.17) is 5.11 Å². The molecule has 0 fully saturated rings. The maximum absolute atomic E-state index is 10.4. The molecule has 1 aromatic heterocycles. The lowest BCUT2D eigenvalue weighted by atomic mass is 10.2. The van der Waals surface area contributed by atoms with Crippen molar-refractivity contribution in [3.63, 3.8) is 0 Å². The van der Waals surface area contributed by atoms with Crippen LogP contribution in [0.25, 0.3) is 11.3 Å². The fourth-order valence-electron chi connectivity index (χ4n) is 1.20. The maximum Gasteiger partial charge on any atom is 0.410 e. The number of hydrogen-bond acceptors (Lipinski definition) is 3. The average Bonchev–Trinajstić information content (AvgIpc) is 2.65. The summed E-state index contributed by atoms with van der Waals surface area (Å²) in [6.07, 6.45) is -1.10. The normalized spacial score (nSPS) is 10.1. The number of halogens is 1. The molecule has 1 aromatic carbocycles. The highest BCUT2D eigenvalue weighted by atomic mass is 79.9. The van der Waals surface area contributed by atoms with Crippen molar-refractivity contribution in [2.24, 2.45) is 0 Å². The molecule has 1 heterocycles. The smallest absolute Gasteiger partial charge is 0.410 e. The van der Waals surface area contributed by atoms with Crippen molar-refractivity contribution in [3.8, 4) is 11.3 Å². The number of thiazole rings is 1. The van der Waals surface area contributed by atoms with Crippen LogP contribution in [0.2, 0.25) is 0 Å². The number of nitrogens with zero attached hydrogens (tertiary/aromatic N) is 1. The van der Waals surface area contributed by atoms with Crippen molar-refractivity contribution in [2.75, 3.05) is 5.32 Å². The van der Waals surface area contributed by atoms with Crippen molar-refractivity contribution in [1.82, 2.24) is 4.98 Å². The summed E-state index contributed by atoms with van der Waals surface area (Å²) >= 11 is 4.63. The van der Waals surface area contributed by atoms with E-state index in [1.54, 1.807) is 0 Å². The van der Waals surface area contributed by atoms with E-state index in [0.717, 1.165) is 15.7 Å². The summed E-state index contributed by atoms with van der Waals surface area (Å²) in [7, 11) is 0. The van der Waals surface area contributed by atoms with Crippen molar-refractivity contribution < 1.29 is 9.90 Å². The number of aromatic nitrogens is 1. The van der Waals surface area contributed by atoms with Gasteiger partial charge in [-0.3, -0.25) is 5.32 Å². The van der Waals surface area contributed by atoms with Gasteiger partial charge in [-0.15, -0.1) is 11.3 Å². The molecule has 0 aliphatic rings. The van der Waals surface area contributed by atoms with Gasteiger partial charge in [0.1, 0.15) is 0 Å². The molecule has 0 atom stereocenters. The van der Waals surface area contributed by atoms with Crippen molar-refractivity contribution in [1.29, 1.82) is 0 Å². The lowest BCUT2D eigenvalue weighted by Gasteiger charge is -1.97. The molecule has 4 nitrogen and oxygen atoms in total. The molecule has 2 rings (SSSR count). The van der Waals surface area contributed by atoms with Crippen LogP contribution in [0.5, 0.6) is 0 Å². The van der Waals surface area contributed by atoms with Gasteiger partial charge in [0.05, 0.1) is 5.69 Å². The van der Waals surface area contributed by atoms with E-state index in [2.05, 4.69) is 26.2 Å². The van der Waals surface area contributed by atoms with Gasteiger partial charge in [-0.25, -0.2) is 9.78 Å². The fraction of sp³-hybridized carbons (Fsp3) is 0. The Labute approximate surface area is 104 Å². The number of rotatable bonds is 2. The highest BCUT2D eigenvalue weighted by Crippen LogP contribution is 2.26. The van der Waals surface area contributed by atoms with Crippen molar-refractivity contribution in [3.05, 3.63) is 34.1 Å². The van der Waals surface area contributed by atoms with Crippen LogP contribution in [0, 0.1) is 0 Å². The molecule has 6 heteroatoms. The minimum Gasteiger partial charge on any atom is -0.465 e. The quantitative estimate of drug-likeness (QED) is 0.889. The lowest BCUT2D eigenvalue weighted by molar-refractivity contribution is 0.209. The van der Waals surface area contributed by atoms with Gasteiger partial charge in [0.25, 0.3) is 0 Å². The third-order valence-corrected chi connectivity index (χ3v) is 3.09. The Hall–Kier alpha value is -1.40. The third-order valence-electron chi connectivity index (χ3n) is 1.84. The maximum atomic E-state index is 10.4. The summed E-state index contributed by atoms with van der Waals surface area (Å²) in [5.41, 5.74) is 1.71. The number of carboxylic acid groups (broad SMARTS) is 1. The summed E-state index contributed by atoms with van der Waals surface area (Å²) in [6.45, 7) is 0. The van der Waals surface area contributed by atoms with Crippen molar-refractivity contribution >= 4 is 38.5 Å². The molecule has 0 bridgehead atoms. The minimum atomic E-state index is -1.10. The van der Waals surface area contributed by atoms with Crippen LogP contribution in [0.15, 0.2) is 34.1 Å². The minimum absolute atomic E-state index is 0.377. The number of carbonyl (C=O) groups is 1. The number of hydrogen-bond donors (Lipinski definition) is 2. The van der Waals surface area contributed by atoms with Gasteiger partial charge >= 0.3 is 6.09 Å². The Morgan fingerprint density at radius 3 is 3.00 bits per heavy atom. The first kappa shape index (κ1) is 11.1. The summed E-state index contributed by atoms with van der Waals surface area (Å²) in [5, 5.41) is 13.0. The third kappa shape index (κ3) is 2.59. The van der Waals surface area contributed by atoms with E-state index >= 15 is 0 Å². The van der Waals surface area contributed by atoms with E-state index in [0.29, 0.717) is 5.13 Å². The average molecular weight is 299 g/mol. The van der Waals surface area contributed by atoms with Crippen LogP contribution in [0.3, 0.4) is 0 Å². The standard InChI is InChI=1S/C10H7BrN2O2S/c11-7-3-1-2-6(4-7)8-5-16-9(12-8)13-10(14)15/h1-5H,(H,12,13)(H,14,15). The topological polar surface area (TPSA) is 62.2 Å². The molecule has 2 N–H and O–H groups in total. The molecule has 0 spiro atoms.